The lowest BCUT2D eigenvalue weighted by Gasteiger charge is -2.27. The van der Waals surface area contributed by atoms with Gasteiger partial charge in [-0.1, -0.05) is 54.1 Å². The molecule has 0 radical (unpaired) electrons. The largest absolute Gasteiger partial charge is 0.349 e. The summed E-state index contributed by atoms with van der Waals surface area (Å²) in [6.07, 6.45) is -1.11. The van der Waals surface area contributed by atoms with Crippen LogP contribution in [0.2, 0.25) is 5.02 Å². The number of hydrogen-bond donors (Lipinski definition) is 0. The van der Waals surface area contributed by atoms with Crippen LogP contribution in [0.3, 0.4) is 0 Å². The monoisotopic (exact) mass is 489 g/mol. The molecule has 0 aromatic heterocycles. The molecule has 2 amide bonds. The van der Waals surface area contributed by atoms with Crippen LogP contribution in [0.1, 0.15) is 37.9 Å². The van der Waals surface area contributed by atoms with Crippen molar-refractivity contribution < 1.29 is 28.3 Å². The van der Waals surface area contributed by atoms with Crippen LogP contribution in [-0.2, 0) is 14.3 Å². The third-order valence-electron chi connectivity index (χ3n) is 7.13. The summed E-state index contributed by atoms with van der Waals surface area (Å²) in [6, 6.07) is 16.3. The minimum atomic E-state index is -2.18. The fourth-order valence-electron chi connectivity index (χ4n) is 5.53. The zero-order chi connectivity index (χ0) is 24.6. The smallest absolute Gasteiger partial charge is 0.241 e. The zero-order valence-electron chi connectivity index (χ0n) is 18.3. The summed E-state index contributed by atoms with van der Waals surface area (Å²) in [4.78, 5) is 56.2. The van der Waals surface area contributed by atoms with E-state index in [9.17, 15) is 23.6 Å². The van der Waals surface area contributed by atoms with E-state index >= 15 is 0 Å². The quantitative estimate of drug-likeness (QED) is 0.391. The van der Waals surface area contributed by atoms with Gasteiger partial charge < -0.3 is 4.74 Å². The number of rotatable bonds is 2. The van der Waals surface area contributed by atoms with Crippen LogP contribution in [0.4, 0.5) is 10.1 Å². The number of amides is 2. The van der Waals surface area contributed by atoms with E-state index in [1.165, 1.54) is 42.5 Å². The summed E-state index contributed by atoms with van der Waals surface area (Å²) in [7, 11) is 0. The summed E-state index contributed by atoms with van der Waals surface area (Å²) >= 11 is 6.16. The predicted octanol–water partition coefficient (Wildman–Crippen LogP) is 4.48. The molecule has 0 unspecified atom stereocenters. The zero-order valence-corrected chi connectivity index (χ0v) is 19.1. The van der Waals surface area contributed by atoms with Gasteiger partial charge in [0.1, 0.15) is 5.82 Å². The maximum atomic E-state index is 13.9. The predicted molar refractivity (Wildman–Crippen MR) is 124 cm³/mol. The Morgan fingerprint density at radius 3 is 2.14 bits per heavy atom. The number of anilines is 1. The number of benzene rings is 3. The van der Waals surface area contributed by atoms with Gasteiger partial charge in [-0.15, -0.1) is 0 Å². The number of carbonyl (C=O) groups is 4. The molecule has 1 spiro atoms. The molecule has 6 nitrogen and oxygen atoms in total. The second-order valence-electron chi connectivity index (χ2n) is 8.98. The van der Waals surface area contributed by atoms with Crippen LogP contribution in [-0.4, -0.2) is 29.0 Å². The first-order valence-electron chi connectivity index (χ1n) is 11.0. The Labute approximate surface area is 204 Å². The third-order valence-corrected chi connectivity index (χ3v) is 7.36. The first kappa shape index (κ1) is 21.8. The van der Waals surface area contributed by atoms with Gasteiger partial charge in [0.2, 0.25) is 29.0 Å². The molecule has 2 aliphatic heterocycles. The van der Waals surface area contributed by atoms with E-state index in [2.05, 4.69) is 0 Å². The molecule has 3 aromatic rings. The Kier molecular flexibility index (Phi) is 4.62. The minimum Gasteiger partial charge on any atom is -0.349 e. The SMILES string of the molecule is Cc1ccc(Cl)cc1N1C(=O)[C@@H]2[C@@H](c3ccc(F)cc3)OC3(C(=O)c4ccccc4C3=O)[C@@H]2C1=O. The molecule has 6 rings (SSSR count). The first-order chi connectivity index (χ1) is 16.8. The molecule has 3 aromatic carbocycles. The number of Topliss-reactive ketones (excluding diaryl/α,β-unsaturated/α-hetero) is 2. The molecule has 8 heteroatoms. The second-order valence-corrected chi connectivity index (χ2v) is 9.41. The lowest BCUT2D eigenvalue weighted by Crippen LogP contribution is -2.51. The van der Waals surface area contributed by atoms with Gasteiger partial charge in [-0.05, 0) is 42.3 Å². The molecule has 2 fully saturated rings. The first-order valence-corrected chi connectivity index (χ1v) is 11.4. The van der Waals surface area contributed by atoms with Crippen molar-refractivity contribution in [2.45, 2.75) is 18.6 Å². The number of ether oxygens (including phenoxy) is 1. The lowest BCUT2D eigenvalue weighted by molar-refractivity contribution is -0.127. The normalized spacial score (nSPS) is 24.4. The number of nitrogens with zero attached hydrogens (tertiary/aromatic N) is 1. The van der Waals surface area contributed by atoms with Crippen LogP contribution >= 0.6 is 11.6 Å². The van der Waals surface area contributed by atoms with E-state index in [1.807, 2.05) is 0 Å². The van der Waals surface area contributed by atoms with Crippen molar-refractivity contribution in [1.82, 2.24) is 0 Å². The number of halogens is 2. The minimum absolute atomic E-state index is 0.147. The van der Waals surface area contributed by atoms with Crippen LogP contribution in [0.15, 0.2) is 66.7 Å². The topological polar surface area (TPSA) is 80.8 Å². The van der Waals surface area contributed by atoms with Gasteiger partial charge in [0.25, 0.3) is 0 Å². The lowest BCUT2D eigenvalue weighted by atomic mass is 9.77. The second kappa shape index (κ2) is 7.41. The van der Waals surface area contributed by atoms with Gasteiger partial charge in [-0.2, -0.15) is 0 Å². The Balaban J connectivity index is 1.56. The van der Waals surface area contributed by atoms with Crippen molar-refractivity contribution in [3.63, 3.8) is 0 Å². The summed E-state index contributed by atoms with van der Waals surface area (Å²) in [5.74, 6) is -5.64. The van der Waals surface area contributed by atoms with E-state index < -0.39 is 52.7 Å². The van der Waals surface area contributed by atoms with E-state index in [0.717, 1.165) is 4.90 Å². The van der Waals surface area contributed by atoms with E-state index in [-0.39, 0.29) is 16.8 Å². The number of fused-ring (bicyclic) bond motifs is 3. The van der Waals surface area contributed by atoms with Crippen molar-refractivity contribution in [2.24, 2.45) is 11.8 Å². The molecule has 2 heterocycles. The molecular formula is C27H17ClFNO5. The van der Waals surface area contributed by atoms with Gasteiger partial charge in [0.15, 0.2) is 0 Å². The maximum absolute atomic E-state index is 13.9. The number of ketones is 2. The number of hydrogen-bond acceptors (Lipinski definition) is 5. The molecule has 0 N–H and O–H groups in total. The van der Waals surface area contributed by atoms with Gasteiger partial charge >= 0.3 is 0 Å². The average Bonchev–Trinajstić information content (AvgIpc) is 3.41. The van der Waals surface area contributed by atoms with Crippen molar-refractivity contribution >= 4 is 40.7 Å². The fourth-order valence-corrected chi connectivity index (χ4v) is 5.70. The number of carbonyl (C=O) groups excluding carboxylic acids is 4. The Bertz CT molecular complexity index is 1430. The maximum Gasteiger partial charge on any atom is 0.241 e. The van der Waals surface area contributed by atoms with Crippen molar-refractivity contribution in [3.8, 4) is 0 Å². The molecule has 2 saturated heterocycles. The molecule has 174 valence electrons. The summed E-state index contributed by atoms with van der Waals surface area (Å²) in [5.41, 5.74) is -0.591. The van der Waals surface area contributed by atoms with Gasteiger partial charge in [-0.3, -0.25) is 19.2 Å². The van der Waals surface area contributed by atoms with Crippen LogP contribution in [0.25, 0.3) is 0 Å². The van der Waals surface area contributed by atoms with Gasteiger partial charge in [-0.25, -0.2) is 9.29 Å². The molecule has 3 aliphatic rings. The van der Waals surface area contributed by atoms with E-state index in [1.54, 1.807) is 31.2 Å². The summed E-state index contributed by atoms with van der Waals surface area (Å²) in [5, 5.41) is 0.324. The van der Waals surface area contributed by atoms with Crippen LogP contribution in [0.5, 0.6) is 0 Å². The summed E-state index contributed by atoms with van der Waals surface area (Å²) < 4.78 is 19.8. The molecule has 0 bridgehead atoms. The third kappa shape index (κ3) is 2.79. The highest BCUT2D eigenvalue weighted by Gasteiger charge is 2.74. The highest BCUT2D eigenvalue weighted by atomic mass is 35.5. The van der Waals surface area contributed by atoms with Crippen LogP contribution < -0.4 is 4.90 Å². The Morgan fingerprint density at radius 1 is 0.886 bits per heavy atom. The van der Waals surface area contributed by atoms with Crippen LogP contribution in [0, 0.1) is 24.6 Å². The van der Waals surface area contributed by atoms with Gasteiger partial charge in [0, 0.05) is 16.1 Å². The summed E-state index contributed by atoms with van der Waals surface area (Å²) in [6.45, 7) is 1.73. The van der Waals surface area contributed by atoms with E-state index in [0.29, 0.717) is 16.1 Å². The number of imide groups is 1. The van der Waals surface area contributed by atoms with Crippen molar-refractivity contribution in [1.29, 1.82) is 0 Å². The molecular weight excluding hydrogens is 473 g/mol. The Hall–Kier alpha value is -3.68. The highest BCUT2D eigenvalue weighted by molar-refractivity contribution is 6.37. The van der Waals surface area contributed by atoms with Crippen molar-refractivity contribution in [2.75, 3.05) is 4.90 Å². The molecule has 0 saturated carbocycles. The molecule has 3 atom stereocenters. The highest BCUT2D eigenvalue weighted by Crippen LogP contribution is 2.57. The van der Waals surface area contributed by atoms with Gasteiger partial charge in [0.05, 0.1) is 23.6 Å². The standard InChI is InChI=1S/C27H17ClFNO5/c1-13-6-9-15(28)12-19(13)30-25(33)20-21(26(30)34)27(35-22(20)14-7-10-16(29)11-8-14)23(31)17-4-2-3-5-18(17)24(27)32/h2-12,20-22H,1H3/t20-,21-,22+/m0/s1. The Morgan fingerprint density at radius 2 is 1.51 bits per heavy atom. The van der Waals surface area contributed by atoms with Crippen molar-refractivity contribution in [3.05, 3.63) is 99.8 Å². The van der Waals surface area contributed by atoms with E-state index in [4.69, 9.17) is 16.3 Å². The fraction of sp³-hybridized carbons (Fsp3) is 0.185. The molecule has 35 heavy (non-hydrogen) atoms. The number of aryl methyl sites for hydroxylation is 1. The molecule has 1 aliphatic carbocycles. The average molecular weight is 490 g/mol.